The second kappa shape index (κ2) is 12.2. The molecule has 0 saturated carbocycles. The van der Waals surface area contributed by atoms with E-state index in [2.05, 4.69) is 115 Å². The van der Waals surface area contributed by atoms with Gasteiger partial charge >= 0.3 is 0 Å². The van der Waals surface area contributed by atoms with Crippen LogP contribution < -0.4 is 0 Å². The molecule has 0 radical (unpaired) electrons. The van der Waals surface area contributed by atoms with Crippen LogP contribution in [0.3, 0.4) is 0 Å². The van der Waals surface area contributed by atoms with Crippen molar-refractivity contribution in [1.82, 2.24) is 15.0 Å². The van der Waals surface area contributed by atoms with Crippen LogP contribution in [0.1, 0.15) is 11.4 Å². The van der Waals surface area contributed by atoms with Crippen LogP contribution in [0.4, 0.5) is 0 Å². The molecule has 0 N–H and O–H groups in total. The van der Waals surface area contributed by atoms with E-state index in [9.17, 15) is 0 Å². The molecule has 2 aliphatic rings. The number of para-hydroxylation sites is 2. The van der Waals surface area contributed by atoms with E-state index in [0.717, 1.165) is 71.7 Å². The number of fused-ring (bicyclic) bond motifs is 7. The van der Waals surface area contributed by atoms with Gasteiger partial charge in [0.1, 0.15) is 22.3 Å². The Morgan fingerprint density at radius 2 is 0.963 bits per heavy atom. The van der Waals surface area contributed by atoms with Crippen molar-refractivity contribution in [3.05, 3.63) is 187 Å². The molecule has 0 saturated heterocycles. The highest BCUT2D eigenvalue weighted by atomic mass is 16.3. The summed E-state index contributed by atoms with van der Waals surface area (Å²) >= 11 is 0. The third-order valence-electron chi connectivity index (χ3n) is 10.7. The summed E-state index contributed by atoms with van der Waals surface area (Å²) in [4.78, 5) is 15.6. The Morgan fingerprint density at radius 1 is 0.389 bits per heavy atom. The highest BCUT2D eigenvalue weighted by molar-refractivity contribution is 6.16. The largest absolute Gasteiger partial charge is 0.456 e. The first-order chi connectivity index (χ1) is 26.7. The maximum Gasteiger partial charge on any atom is 0.164 e. The Kier molecular flexibility index (Phi) is 6.92. The van der Waals surface area contributed by atoms with Gasteiger partial charge in [0, 0.05) is 50.1 Å². The summed E-state index contributed by atoms with van der Waals surface area (Å²) in [6.45, 7) is 0. The minimum atomic E-state index is 0.170. The predicted octanol–water partition coefficient (Wildman–Crippen LogP) is 12.5. The number of rotatable bonds is 5. The topological polar surface area (TPSA) is 65.0 Å². The van der Waals surface area contributed by atoms with Gasteiger partial charge < -0.3 is 8.83 Å². The molecule has 0 fully saturated rings. The van der Waals surface area contributed by atoms with E-state index >= 15 is 0 Å². The van der Waals surface area contributed by atoms with Gasteiger partial charge in [-0.1, -0.05) is 146 Å². The van der Waals surface area contributed by atoms with Gasteiger partial charge in [0.15, 0.2) is 17.5 Å². The lowest BCUT2D eigenvalue weighted by atomic mass is 9.80. The zero-order valence-corrected chi connectivity index (χ0v) is 29.1. The number of allylic oxidation sites excluding steroid dienone is 8. The number of aromatic nitrogens is 3. The SMILES string of the molecule is C1=CC2C=CC(c3nc(-c4ccccc4)nc(-c4cc(-c5cccc6oc7ccccc7c56)cc5oc6ccccc6c45)n3)=CC2C=C1c1ccccc1. The smallest absolute Gasteiger partial charge is 0.164 e. The Bertz CT molecular complexity index is 3060. The van der Waals surface area contributed by atoms with Gasteiger partial charge in [0.25, 0.3) is 0 Å². The lowest BCUT2D eigenvalue weighted by Crippen LogP contribution is -2.14. The highest BCUT2D eigenvalue weighted by Crippen LogP contribution is 2.43. The third kappa shape index (κ3) is 5.05. The molecule has 0 amide bonds. The number of furan rings is 2. The van der Waals surface area contributed by atoms with Crippen LogP contribution in [-0.4, -0.2) is 15.0 Å². The molecule has 0 aliphatic heterocycles. The molecule has 5 nitrogen and oxygen atoms in total. The molecular weight excluding hydrogens is 663 g/mol. The summed E-state index contributed by atoms with van der Waals surface area (Å²) in [5, 5.41) is 4.11. The summed E-state index contributed by atoms with van der Waals surface area (Å²) in [6.07, 6.45) is 13.6. The summed E-state index contributed by atoms with van der Waals surface area (Å²) in [5.74, 6) is 2.27. The average Bonchev–Trinajstić information content (AvgIpc) is 3.82. The van der Waals surface area contributed by atoms with Gasteiger partial charge in [-0.15, -0.1) is 0 Å². The first-order valence-corrected chi connectivity index (χ1v) is 18.3. The van der Waals surface area contributed by atoms with Gasteiger partial charge in [-0.05, 0) is 52.6 Å². The number of nitrogens with zero attached hydrogens (tertiary/aromatic N) is 3. The Balaban J connectivity index is 1.14. The molecule has 0 bridgehead atoms. The van der Waals surface area contributed by atoms with Crippen molar-refractivity contribution in [2.75, 3.05) is 0 Å². The minimum Gasteiger partial charge on any atom is -0.456 e. The molecule has 6 aromatic carbocycles. The fourth-order valence-electron chi connectivity index (χ4n) is 8.06. The zero-order chi connectivity index (χ0) is 35.6. The standard InChI is InChI=1S/C49H31N3O2/c1-3-12-30(13-4-1)33-24-22-31-23-25-34(27-35(31)26-33)48-50-47(32-14-5-2-6-15-32)51-49(52-48)40-28-36(29-44-46(40)39-17-8-10-20-42(39)54-44)37-18-11-21-43-45(37)38-16-7-9-19-41(38)53-43/h1-29,31,35H. The van der Waals surface area contributed by atoms with Crippen molar-refractivity contribution in [2.45, 2.75) is 0 Å². The number of hydrogen-bond acceptors (Lipinski definition) is 5. The second-order valence-electron chi connectivity index (χ2n) is 13.9. The van der Waals surface area contributed by atoms with E-state index in [0.29, 0.717) is 17.5 Å². The monoisotopic (exact) mass is 693 g/mol. The molecule has 3 aromatic heterocycles. The van der Waals surface area contributed by atoms with Crippen molar-refractivity contribution in [3.63, 3.8) is 0 Å². The van der Waals surface area contributed by atoms with Gasteiger partial charge in [-0.3, -0.25) is 0 Å². The van der Waals surface area contributed by atoms with Crippen LogP contribution in [0.2, 0.25) is 0 Å². The van der Waals surface area contributed by atoms with Crippen molar-refractivity contribution in [3.8, 4) is 33.9 Å². The molecule has 54 heavy (non-hydrogen) atoms. The molecule has 254 valence electrons. The Labute approximate surface area is 311 Å². The third-order valence-corrected chi connectivity index (χ3v) is 10.7. The van der Waals surface area contributed by atoms with Gasteiger partial charge in [-0.2, -0.15) is 0 Å². The van der Waals surface area contributed by atoms with Crippen LogP contribution in [0, 0.1) is 11.8 Å². The van der Waals surface area contributed by atoms with Crippen LogP contribution in [-0.2, 0) is 0 Å². The first-order valence-electron chi connectivity index (χ1n) is 18.3. The van der Waals surface area contributed by atoms with Crippen molar-refractivity contribution >= 4 is 55.0 Å². The first kappa shape index (κ1) is 30.5. The molecule has 2 unspecified atom stereocenters. The molecule has 11 rings (SSSR count). The minimum absolute atomic E-state index is 0.170. The van der Waals surface area contributed by atoms with E-state index in [1.165, 1.54) is 11.1 Å². The molecular formula is C49H31N3O2. The van der Waals surface area contributed by atoms with E-state index in [4.69, 9.17) is 23.8 Å². The van der Waals surface area contributed by atoms with Crippen LogP contribution in [0.5, 0.6) is 0 Å². The maximum absolute atomic E-state index is 6.59. The normalized spacial score (nSPS) is 16.6. The van der Waals surface area contributed by atoms with Gasteiger partial charge in [-0.25, -0.2) is 15.0 Å². The van der Waals surface area contributed by atoms with E-state index in [-0.39, 0.29) is 11.8 Å². The van der Waals surface area contributed by atoms with Crippen LogP contribution in [0.15, 0.2) is 185 Å². The fraction of sp³-hybridized carbons (Fsp3) is 0.0408. The van der Waals surface area contributed by atoms with E-state index in [1.54, 1.807) is 0 Å². The fourth-order valence-corrected chi connectivity index (χ4v) is 8.06. The Hall–Kier alpha value is -7.11. The van der Waals surface area contributed by atoms with Gasteiger partial charge in [0.05, 0.1) is 0 Å². The summed E-state index contributed by atoms with van der Waals surface area (Å²) in [6, 6.07) is 47.6. The van der Waals surface area contributed by atoms with Crippen molar-refractivity contribution in [2.24, 2.45) is 11.8 Å². The molecule has 0 spiro atoms. The molecule has 9 aromatic rings. The molecule has 3 heterocycles. The van der Waals surface area contributed by atoms with E-state index in [1.807, 2.05) is 60.7 Å². The predicted molar refractivity (Wildman–Crippen MR) is 218 cm³/mol. The zero-order valence-electron chi connectivity index (χ0n) is 29.1. The summed E-state index contributed by atoms with van der Waals surface area (Å²) in [5.41, 5.74) is 10.5. The quantitative estimate of drug-likeness (QED) is 0.179. The van der Waals surface area contributed by atoms with Crippen molar-refractivity contribution < 1.29 is 8.83 Å². The lowest BCUT2D eigenvalue weighted by Gasteiger charge is -2.25. The highest BCUT2D eigenvalue weighted by Gasteiger charge is 2.25. The summed E-state index contributed by atoms with van der Waals surface area (Å²) in [7, 11) is 0. The lowest BCUT2D eigenvalue weighted by molar-refractivity contribution is 0.664. The van der Waals surface area contributed by atoms with E-state index < -0.39 is 0 Å². The van der Waals surface area contributed by atoms with Gasteiger partial charge in [0.2, 0.25) is 0 Å². The Morgan fingerprint density at radius 3 is 1.72 bits per heavy atom. The average molecular weight is 694 g/mol. The second-order valence-corrected chi connectivity index (χ2v) is 13.9. The number of benzene rings is 6. The summed E-state index contributed by atoms with van der Waals surface area (Å²) < 4.78 is 12.9. The van der Waals surface area contributed by atoms with Crippen LogP contribution in [0.25, 0.3) is 88.9 Å². The molecule has 2 aliphatic carbocycles. The van der Waals surface area contributed by atoms with Crippen molar-refractivity contribution in [1.29, 1.82) is 0 Å². The molecule has 5 heteroatoms. The van der Waals surface area contributed by atoms with Crippen LogP contribution >= 0.6 is 0 Å². The number of hydrogen-bond donors (Lipinski definition) is 0. The maximum atomic E-state index is 6.59. The molecule has 2 atom stereocenters.